The van der Waals surface area contributed by atoms with Crippen LogP contribution in [0.1, 0.15) is 83.3 Å². The Morgan fingerprint density at radius 2 is 1.79 bits per heavy atom. The van der Waals surface area contributed by atoms with Crippen molar-refractivity contribution < 1.29 is 19.7 Å². The third-order valence-corrected chi connectivity index (χ3v) is 10.5. The van der Waals surface area contributed by atoms with Crippen LogP contribution in [0.5, 0.6) is 0 Å². The molecule has 4 aliphatic carbocycles. The van der Waals surface area contributed by atoms with Crippen LogP contribution in [0.3, 0.4) is 0 Å². The summed E-state index contributed by atoms with van der Waals surface area (Å²) in [5, 5.41) is 31.6. The maximum absolute atomic E-state index is 12.4. The van der Waals surface area contributed by atoms with Gasteiger partial charge < -0.3 is 14.9 Å². The predicted octanol–water partition coefficient (Wildman–Crippen LogP) is 5.05. The first-order chi connectivity index (χ1) is 16.0. The Bertz CT molecular complexity index is 1060. The molecular weight excluding hydrogens is 426 g/mol. The van der Waals surface area contributed by atoms with E-state index in [1.807, 2.05) is 12.1 Å². The zero-order valence-corrected chi connectivity index (χ0v) is 20.6. The number of allylic oxidation sites excluding steroid dienone is 1. The highest BCUT2D eigenvalue weighted by molar-refractivity contribution is 5.86. The number of Topliss-reactive ketones (excluding diaryl/α,β-unsaturated/α-hetero) is 1. The van der Waals surface area contributed by atoms with Crippen molar-refractivity contribution in [2.75, 3.05) is 0 Å². The number of ether oxygens (including phenoxy) is 1. The molecule has 0 heterocycles. The van der Waals surface area contributed by atoms with E-state index < -0.39 is 11.4 Å². The second-order valence-electron chi connectivity index (χ2n) is 11.9. The summed E-state index contributed by atoms with van der Waals surface area (Å²) in [5.41, 5.74) is 1.40. The summed E-state index contributed by atoms with van der Waals surface area (Å²) in [7, 11) is 0. The molecule has 5 rings (SSSR count). The lowest BCUT2D eigenvalue weighted by Gasteiger charge is -2.59. The van der Waals surface area contributed by atoms with Crippen molar-refractivity contribution in [1.29, 1.82) is 5.26 Å². The van der Waals surface area contributed by atoms with E-state index >= 15 is 0 Å². The first kappa shape index (κ1) is 23.7. The number of rotatable bonds is 4. The number of hydrogen-bond acceptors (Lipinski definition) is 5. The monoisotopic (exact) mass is 463 g/mol. The second-order valence-corrected chi connectivity index (χ2v) is 11.9. The summed E-state index contributed by atoms with van der Waals surface area (Å²) < 4.78 is 6.06. The van der Waals surface area contributed by atoms with Crippen LogP contribution in [0, 0.1) is 39.9 Å². The van der Waals surface area contributed by atoms with Gasteiger partial charge >= 0.3 is 0 Å². The van der Waals surface area contributed by atoms with E-state index in [2.05, 4.69) is 26.0 Å². The zero-order valence-electron chi connectivity index (χ0n) is 20.6. The fourth-order valence-electron chi connectivity index (χ4n) is 8.23. The second kappa shape index (κ2) is 8.01. The molecule has 1 aromatic rings. The summed E-state index contributed by atoms with van der Waals surface area (Å²) in [6.45, 7) is 6.40. The lowest BCUT2D eigenvalue weighted by molar-refractivity contribution is -0.232. The maximum atomic E-state index is 12.4. The highest BCUT2D eigenvalue weighted by Crippen LogP contribution is 2.67. The fourth-order valence-corrected chi connectivity index (χ4v) is 8.23. The van der Waals surface area contributed by atoms with Crippen molar-refractivity contribution in [3.63, 3.8) is 0 Å². The molecule has 3 fully saturated rings. The molecule has 0 radical (unpaired) electrons. The van der Waals surface area contributed by atoms with Crippen molar-refractivity contribution in [2.24, 2.45) is 28.6 Å². The Morgan fingerprint density at radius 1 is 1.09 bits per heavy atom. The third kappa shape index (κ3) is 3.41. The molecule has 182 valence electrons. The van der Waals surface area contributed by atoms with Gasteiger partial charge in [-0.1, -0.05) is 37.6 Å². The van der Waals surface area contributed by atoms with Gasteiger partial charge in [0.15, 0.2) is 11.6 Å². The van der Waals surface area contributed by atoms with Gasteiger partial charge in [0.1, 0.15) is 5.60 Å². The van der Waals surface area contributed by atoms with Crippen molar-refractivity contribution in [3.05, 3.63) is 47.0 Å². The number of hydrogen-bond donors (Lipinski definition) is 2. The lowest BCUT2D eigenvalue weighted by Crippen LogP contribution is -2.57. The van der Waals surface area contributed by atoms with E-state index in [1.54, 1.807) is 19.1 Å². The first-order valence-electron chi connectivity index (χ1n) is 12.8. The number of aliphatic hydroxyl groups is 2. The maximum Gasteiger partial charge on any atom is 0.169 e. The van der Waals surface area contributed by atoms with Gasteiger partial charge in [0, 0.05) is 18.3 Å². The van der Waals surface area contributed by atoms with Gasteiger partial charge in [-0.05, 0) is 86.3 Å². The summed E-state index contributed by atoms with van der Waals surface area (Å²) in [4.78, 5) is 12.4. The van der Waals surface area contributed by atoms with Gasteiger partial charge in [-0.2, -0.15) is 5.26 Å². The molecule has 0 amide bonds. The molecule has 0 bridgehead atoms. The number of ketones is 1. The number of fused-ring (bicyclic) bond motifs is 5. The van der Waals surface area contributed by atoms with Crippen LogP contribution in [0.15, 0.2) is 35.9 Å². The molecule has 4 aliphatic rings. The first-order valence-corrected chi connectivity index (χ1v) is 12.8. The quantitative estimate of drug-likeness (QED) is 0.482. The summed E-state index contributed by atoms with van der Waals surface area (Å²) >= 11 is 0. The molecule has 1 unspecified atom stereocenters. The minimum Gasteiger partial charge on any atom is -0.382 e. The molecule has 5 nitrogen and oxygen atoms in total. The van der Waals surface area contributed by atoms with Crippen molar-refractivity contribution in [1.82, 2.24) is 0 Å². The van der Waals surface area contributed by atoms with Gasteiger partial charge in [0.05, 0.1) is 18.2 Å². The van der Waals surface area contributed by atoms with Gasteiger partial charge in [0.25, 0.3) is 0 Å². The minimum atomic E-state index is -1.18. The number of benzene rings is 1. The van der Waals surface area contributed by atoms with E-state index in [-0.39, 0.29) is 16.6 Å². The summed E-state index contributed by atoms with van der Waals surface area (Å²) in [5.74, 6) is 0.117. The van der Waals surface area contributed by atoms with E-state index in [4.69, 9.17) is 10.00 Å². The van der Waals surface area contributed by atoms with Gasteiger partial charge in [-0.15, -0.1) is 0 Å². The Balaban J connectivity index is 1.33. The van der Waals surface area contributed by atoms with Crippen LogP contribution in [-0.2, 0) is 16.1 Å². The molecule has 1 aromatic carbocycles. The van der Waals surface area contributed by atoms with Crippen LogP contribution >= 0.6 is 0 Å². The largest absolute Gasteiger partial charge is 0.382 e. The molecule has 0 spiro atoms. The number of nitriles is 1. The Kier molecular flexibility index (Phi) is 5.59. The van der Waals surface area contributed by atoms with Crippen LogP contribution in [0.25, 0.3) is 0 Å². The smallest absolute Gasteiger partial charge is 0.169 e. The molecule has 34 heavy (non-hydrogen) atoms. The third-order valence-electron chi connectivity index (χ3n) is 10.5. The fraction of sp³-hybridized carbons (Fsp3) is 0.655. The number of nitrogens with zero attached hydrogens (tertiary/aromatic N) is 1. The van der Waals surface area contributed by atoms with E-state index in [9.17, 15) is 15.0 Å². The predicted molar refractivity (Wildman–Crippen MR) is 128 cm³/mol. The van der Waals surface area contributed by atoms with Crippen molar-refractivity contribution in [2.45, 2.75) is 90.1 Å². The average Bonchev–Trinajstić information content (AvgIpc) is 3.11. The molecule has 3 saturated carbocycles. The van der Waals surface area contributed by atoms with Crippen LogP contribution in [-0.4, -0.2) is 27.4 Å². The van der Waals surface area contributed by atoms with Crippen LogP contribution in [0.4, 0.5) is 0 Å². The molecule has 0 aliphatic heterocycles. The average molecular weight is 464 g/mol. The van der Waals surface area contributed by atoms with Crippen LogP contribution < -0.4 is 0 Å². The van der Waals surface area contributed by atoms with E-state index in [0.717, 1.165) is 37.7 Å². The zero-order chi connectivity index (χ0) is 24.4. The van der Waals surface area contributed by atoms with Gasteiger partial charge in [-0.3, -0.25) is 4.79 Å². The minimum absolute atomic E-state index is 0.0329. The Morgan fingerprint density at radius 3 is 2.47 bits per heavy atom. The van der Waals surface area contributed by atoms with Crippen LogP contribution in [0.2, 0.25) is 0 Å². The Hall–Kier alpha value is -2.00. The Labute approximate surface area is 202 Å². The highest BCUT2D eigenvalue weighted by Gasteiger charge is 2.65. The lowest BCUT2D eigenvalue weighted by atomic mass is 9.46. The van der Waals surface area contributed by atoms with E-state index in [1.165, 1.54) is 5.57 Å². The molecule has 0 saturated heterocycles. The van der Waals surface area contributed by atoms with Crippen molar-refractivity contribution >= 4 is 5.78 Å². The molecular formula is C29H37NO4. The molecule has 7 atom stereocenters. The SMILES string of the molecule is CC(=O)[C@@]1(O)CC[C@H]2[C@@H]3CC=C4CC(O)(OCc5ccc(C#N)cc5)CC[C@]4(C)[C@H]3CC[C@@]21C. The topological polar surface area (TPSA) is 90.6 Å². The standard InChI is InChI=1S/C29H37NO4/c1-19(31)29(33)13-11-25-23-9-8-22-16-28(32,34-18-21-6-4-20(17-30)5-7-21)15-14-26(22,2)24(23)10-12-27(25,29)3/h4-8,23-25,32-33H,9-16,18H2,1-3H3/t23-,24+,25+,26+,27+,28?,29+/m1/s1. The normalized spacial score (nSPS) is 43.2. The van der Waals surface area contributed by atoms with E-state index in [0.29, 0.717) is 49.2 Å². The summed E-state index contributed by atoms with van der Waals surface area (Å²) in [6, 6.07) is 9.43. The van der Waals surface area contributed by atoms with Gasteiger partial charge in [0.2, 0.25) is 0 Å². The molecule has 5 heteroatoms. The number of carbonyl (C=O) groups excluding carboxylic acids is 1. The molecule has 2 N–H and O–H groups in total. The summed E-state index contributed by atoms with van der Waals surface area (Å²) in [6.07, 6.45) is 8.71. The van der Waals surface area contributed by atoms with Gasteiger partial charge in [-0.25, -0.2) is 0 Å². The van der Waals surface area contributed by atoms with Crippen molar-refractivity contribution in [3.8, 4) is 6.07 Å². The molecule has 0 aromatic heterocycles. The highest BCUT2D eigenvalue weighted by atomic mass is 16.6. The number of carbonyl (C=O) groups is 1.